The van der Waals surface area contributed by atoms with Gasteiger partial charge in [0, 0.05) is 11.6 Å². The summed E-state index contributed by atoms with van der Waals surface area (Å²) < 4.78 is 39.3. The van der Waals surface area contributed by atoms with Crippen LogP contribution < -0.4 is 5.32 Å². The molecule has 1 unspecified atom stereocenters. The first-order valence-electron chi connectivity index (χ1n) is 6.41. The number of amides is 1. The average molecular weight is 287 g/mol. The molecule has 1 fully saturated rings. The first-order chi connectivity index (χ1) is 9.35. The van der Waals surface area contributed by atoms with Gasteiger partial charge in [0.25, 0.3) is 0 Å². The van der Waals surface area contributed by atoms with E-state index >= 15 is 0 Å². The number of aliphatic hydroxyl groups is 1. The van der Waals surface area contributed by atoms with Crippen LogP contribution in [0.25, 0.3) is 0 Å². The molecule has 1 aliphatic rings. The Morgan fingerprint density at radius 3 is 2.45 bits per heavy atom. The largest absolute Gasteiger partial charge is 0.394 e. The van der Waals surface area contributed by atoms with Gasteiger partial charge in [0.1, 0.15) is 5.82 Å². The van der Waals surface area contributed by atoms with Gasteiger partial charge in [-0.05, 0) is 31.7 Å². The molecule has 1 saturated carbocycles. The van der Waals surface area contributed by atoms with Gasteiger partial charge >= 0.3 is 0 Å². The molecule has 3 nitrogen and oxygen atoms in total. The Labute approximate surface area is 114 Å². The molecule has 1 aliphatic carbocycles. The van der Waals surface area contributed by atoms with Crippen molar-refractivity contribution in [3.8, 4) is 0 Å². The summed E-state index contributed by atoms with van der Waals surface area (Å²) in [7, 11) is 0. The smallest absolute Gasteiger partial charge is 0.225 e. The maximum absolute atomic E-state index is 13.4. The molecule has 1 atom stereocenters. The van der Waals surface area contributed by atoms with Crippen LogP contribution in [-0.2, 0) is 11.2 Å². The Bertz CT molecular complexity index is 531. The first-order valence-corrected chi connectivity index (χ1v) is 6.41. The Morgan fingerprint density at radius 2 is 1.90 bits per heavy atom. The third kappa shape index (κ3) is 3.12. The van der Waals surface area contributed by atoms with Crippen molar-refractivity contribution in [1.82, 2.24) is 5.32 Å². The van der Waals surface area contributed by atoms with Crippen molar-refractivity contribution in [1.29, 1.82) is 0 Å². The molecule has 0 radical (unpaired) electrons. The number of halogens is 3. The third-order valence-corrected chi connectivity index (χ3v) is 3.67. The highest BCUT2D eigenvalue weighted by Crippen LogP contribution is 2.39. The topological polar surface area (TPSA) is 49.3 Å². The summed E-state index contributed by atoms with van der Waals surface area (Å²) in [5.74, 6) is -3.77. The predicted octanol–water partition coefficient (Wildman–Crippen LogP) is 1.92. The van der Waals surface area contributed by atoms with Gasteiger partial charge in [-0.15, -0.1) is 0 Å². The van der Waals surface area contributed by atoms with Gasteiger partial charge in [-0.25, -0.2) is 13.2 Å². The molecule has 110 valence electrons. The van der Waals surface area contributed by atoms with Gasteiger partial charge in [0.05, 0.1) is 18.6 Å². The van der Waals surface area contributed by atoms with Crippen molar-refractivity contribution in [2.75, 3.05) is 6.61 Å². The summed E-state index contributed by atoms with van der Waals surface area (Å²) in [6, 6.07) is 1.10. The van der Waals surface area contributed by atoms with E-state index in [1.54, 1.807) is 6.92 Å². The number of benzene rings is 1. The molecule has 2 N–H and O–H groups in total. The predicted molar refractivity (Wildman–Crippen MR) is 66.4 cm³/mol. The normalized spacial score (nSPS) is 17.6. The van der Waals surface area contributed by atoms with Crippen LogP contribution in [0.3, 0.4) is 0 Å². The van der Waals surface area contributed by atoms with Gasteiger partial charge < -0.3 is 10.4 Å². The second kappa shape index (κ2) is 5.44. The second-order valence-corrected chi connectivity index (χ2v) is 5.43. The molecular formula is C14H16F3NO2. The van der Waals surface area contributed by atoms with E-state index in [2.05, 4.69) is 5.32 Å². The van der Waals surface area contributed by atoms with Crippen molar-refractivity contribution in [2.24, 2.45) is 5.92 Å². The first kappa shape index (κ1) is 14.8. The number of nitrogens with one attached hydrogen (secondary N) is 1. The lowest BCUT2D eigenvalue weighted by atomic mass is 9.96. The summed E-state index contributed by atoms with van der Waals surface area (Å²) in [6.45, 7) is 1.49. The standard InChI is InChI=1S/C14H16F3NO2/c1-14(7-19,9-2-3-9)18-13(20)5-8-4-11(16)12(17)6-10(8)15/h4,6,9,19H,2-3,5,7H2,1H3,(H,18,20). The van der Waals surface area contributed by atoms with E-state index in [1.807, 2.05) is 0 Å². The Kier molecular flexibility index (Phi) is 4.04. The Morgan fingerprint density at radius 1 is 1.30 bits per heavy atom. The monoisotopic (exact) mass is 287 g/mol. The summed E-state index contributed by atoms with van der Waals surface area (Å²) in [5.41, 5.74) is -0.955. The zero-order valence-corrected chi connectivity index (χ0v) is 11.0. The molecule has 20 heavy (non-hydrogen) atoms. The van der Waals surface area contributed by atoms with Gasteiger partial charge in [-0.1, -0.05) is 0 Å². The quantitative estimate of drug-likeness (QED) is 0.813. The van der Waals surface area contributed by atoms with E-state index in [0.717, 1.165) is 12.8 Å². The second-order valence-electron chi connectivity index (χ2n) is 5.43. The average Bonchev–Trinajstić information content (AvgIpc) is 3.20. The van der Waals surface area contributed by atoms with Gasteiger partial charge in [-0.3, -0.25) is 4.79 Å². The molecule has 6 heteroatoms. The highest BCUT2D eigenvalue weighted by atomic mass is 19.2. The minimum Gasteiger partial charge on any atom is -0.394 e. The molecule has 0 saturated heterocycles. The lowest BCUT2D eigenvalue weighted by Crippen LogP contribution is -2.51. The van der Waals surface area contributed by atoms with Crippen LogP contribution in [0.2, 0.25) is 0 Å². The number of hydrogen-bond donors (Lipinski definition) is 2. The molecule has 0 spiro atoms. The minimum absolute atomic E-state index is 0.200. The van der Waals surface area contributed by atoms with Gasteiger partial charge in [0.2, 0.25) is 5.91 Å². The summed E-state index contributed by atoms with van der Waals surface area (Å²) in [5, 5.41) is 12.0. The van der Waals surface area contributed by atoms with Crippen molar-refractivity contribution in [3.05, 3.63) is 35.1 Å². The number of carbonyl (C=O) groups is 1. The molecule has 2 rings (SSSR count). The van der Waals surface area contributed by atoms with Crippen LogP contribution in [0.5, 0.6) is 0 Å². The van der Waals surface area contributed by atoms with E-state index in [-0.39, 0.29) is 18.1 Å². The SMILES string of the molecule is CC(CO)(NC(=O)Cc1cc(F)c(F)cc1F)C1CC1. The van der Waals surface area contributed by atoms with Crippen molar-refractivity contribution < 1.29 is 23.1 Å². The van der Waals surface area contributed by atoms with E-state index in [1.165, 1.54) is 0 Å². The van der Waals surface area contributed by atoms with Crippen LogP contribution in [0, 0.1) is 23.4 Å². The number of carbonyl (C=O) groups excluding carboxylic acids is 1. The molecule has 0 aromatic heterocycles. The molecule has 1 aromatic carbocycles. The van der Waals surface area contributed by atoms with Crippen LogP contribution in [0.4, 0.5) is 13.2 Å². The number of rotatable bonds is 5. The third-order valence-electron chi connectivity index (χ3n) is 3.67. The van der Waals surface area contributed by atoms with Gasteiger partial charge in [0.15, 0.2) is 11.6 Å². The van der Waals surface area contributed by atoms with Gasteiger partial charge in [-0.2, -0.15) is 0 Å². The molecule has 0 aliphatic heterocycles. The minimum atomic E-state index is -1.29. The molecule has 0 bridgehead atoms. The highest BCUT2D eigenvalue weighted by molar-refractivity contribution is 5.79. The molecule has 1 amide bonds. The van der Waals surface area contributed by atoms with E-state index in [9.17, 15) is 23.1 Å². The van der Waals surface area contributed by atoms with Crippen molar-refractivity contribution in [3.63, 3.8) is 0 Å². The number of hydrogen-bond acceptors (Lipinski definition) is 2. The molecule has 0 heterocycles. The lowest BCUT2D eigenvalue weighted by molar-refractivity contribution is -0.123. The maximum atomic E-state index is 13.4. The maximum Gasteiger partial charge on any atom is 0.225 e. The Hall–Kier alpha value is -1.56. The van der Waals surface area contributed by atoms with E-state index in [0.29, 0.717) is 12.1 Å². The fourth-order valence-corrected chi connectivity index (χ4v) is 2.23. The van der Waals surface area contributed by atoms with Crippen LogP contribution in [0.15, 0.2) is 12.1 Å². The van der Waals surface area contributed by atoms with Crippen LogP contribution >= 0.6 is 0 Å². The van der Waals surface area contributed by atoms with Crippen LogP contribution in [-0.4, -0.2) is 23.2 Å². The zero-order chi connectivity index (χ0) is 14.9. The van der Waals surface area contributed by atoms with E-state index < -0.39 is 35.3 Å². The Balaban J connectivity index is 2.06. The summed E-state index contributed by atoms with van der Waals surface area (Å²) in [4.78, 5) is 11.9. The highest BCUT2D eigenvalue weighted by Gasteiger charge is 2.42. The summed E-state index contributed by atoms with van der Waals surface area (Å²) in [6.07, 6.45) is 1.43. The summed E-state index contributed by atoms with van der Waals surface area (Å²) >= 11 is 0. The van der Waals surface area contributed by atoms with Crippen molar-refractivity contribution >= 4 is 5.91 Å². The van der Waals surface area contributed by atoms with E-state index in [4.69, 9.17) is 0 Å². The van der Waals surface area contributed by atoms with Crippen molar-refractivity contribution in [2.45, 2.75) is 31.7 Å². The fourth-order valence-electron chi connectivity index (χ4n) is 2.23. The lowest BCUT2D eigenvalue weighted by Gasteiger charge is -2.28. The fraction of sp³-hybridized carbons (Fsp3) is 0.500. The zero-order valence-electron chi connectivity index (χ0n) is 11.0. The number of aliphatic hydroxyl groups excluding tert-OH is 1. The molecular weight excluding hydrogens is 271 g/mol. The van der Waals surface area contributed by atoms with Crippen LogP contribution in [0.1, 0.15) is 25.3 Å². The molecule has 1 aromatic rings.